The van der Waals surface area contributed by atoms with Crippen LogP contribution in [0.2, 0.25) is 0 Å². The van der Waals surface area contributed by atoms with E-state index in [1.165, 1.54) is 6.33 Å². The highest BCUT2D eigenvalue weighted by atomic mass is 16.5. The van der Waals surface area contributed by atoms with Crippen LogP contribution in [0, 0.1) is 0 Å². The van der Waals surface area contributed by atoms with Gasteiger partial charge in [0.25, 0.3) is 0 Å². The summed E-state index contributed by atoms with van der Waals surface area (Å²) in [7, 11) is 0. The summed E-state index contributed by atoms with van der Waals surface area (Å²) in [6, 6.07) is -0.0173. The number of nitrogens with one attached hydrogen (secondary N) is 2. The quantitative estimate of drug-likeness (QED) is 0.588. The molecule has 8 nitrogen and oxygen atoms in total. The number of rotatable bonds is 7. The van der Waals surface area contributed by atoms with E-state index in [2.05, 4.69) is 32.4 Å². The van der Waals surface area contributed by atoms with Gasteiger partial charge >= 0.3 is 0 Å². The molecule has 1 fully saturated rings. The lowest BCUT2D eigenvalue weighted by Gasteiger charge is -2.24. The third-order valence-electron chi connectivity index (χ3n) is 4.36. The van der Waals surface area contributed by atoms with Crippen molar-refractivity contribution < 1.29 is 14.9 Å². The number of hydrogen-bond acceptors (Lipinski definition) is 8. The molecule has 3 atom stereocenters. The predicted octanol–water partition coefficient (Wildman–Crippen LogP) is 1.76. The van der Waals surface area contributed by atoms with Crippen molar-refractivity contribution in [2.75, 3.05) is 35.4 Å². The van der Waals surface area contributed by atoms with Gasteiger partial charge in [-0.05, 0) is 19.3 Å². The van der Waals surface area contributed by atoms with Crippen LogP contribution in [0.4, 0.5) is 17.3 Å². The predicted molar refractivity (Wildman–Crippen MR) is 98.7 cm³/mol. The molecule has 0 bridgehead atoms. The van der Waals surface area contributed by atoms with Crippen molar-refractivity contribution in [1.29, 1.82) is 0 Å². The molecule has 4 N–H and O–H groups in total. The Hall–Kier alpha value is -1.64. The van der Waals surface area contributed by atoms with Crippen LogP contribution >= 0.6 is 0 Å². The van der Waals surface area contributed by atoms with E-state index in [4.69, 9.17) is 4.74 Å². The molecule has 3 unspecified atom stereocenters. The maximum absolute atomic E-state index is 9.47. The van der Waals surface area contributed by atoms with Gasteiger partial charge in [0.15, 0.2) is 11.6 Å². The SMILES string of the molecule is CC.CCCC(CO)Nc1ncnc2c1NCN2C1CCC(CO)O1. The zero-order valence-corrected chi connectivity index (χ0v) is 15.4. The Labute approximate surface area is 149 Å². The summed E-state index contributed by atoms with van der Waals surface area (Å²) in [5.74, 6) is 1.51. The standard InChI is InChI=1S/C15H25N5O3.C2H6/c1-2-3-10(6-21)19-14-13-15(17-8-16-14)20(9-18-13)12-5-4-11(7-22)23-12;1-2/h8,10-12,18,21-22H,2-7,9H2,1H3,(H,16,17,19);1-2H3. The molecular weight excluding hydrogens is 322 g/mol. The van der Waals surface area contributed by atoms with Crippen LogP contribution in [0.15, 0.2) is 6.33 Å². The van der Waals surface area contributed by atoms with Crippen LogP contribution in [0.3, 0.4) is 0 Å². The van der Waals surface area contributed by atoms with Gasteiger partial charge in [0, 0.05) is 0 Å². The first kappa shape index (κ1) is 19.7. The van der Waals surface area contributed by atoms with Gasteiger partial charge in [-0.3, -0.25) is 0 Å². The number of hydrogen-bond donors (Lipinski definition) is 4. The Morgan fingerprint density at radius 2 is 2.16 bits per heavy atom. The first-order valence-corrected chi connectivity index (χ1v) is 9.26. The summed E-state index contributed by atoms with van der Waals surface area (Å²) < 4.78 is 5.85. The van der Waals surface area contributed by atoms with Gasteiger partial charge in [-0.1, -0.05) is 27.2 Å². The van der Waals surface area contributed by atoms with Gasteiger partial charge in [0.2, 0.25) is 0 Å². The topological polar surface area (TPSA) is 103 Å². The van der Waals surface area contributed by atoms with Crippen molar-refractivity contribution in [1.82, 2.24) is 9.97 Å². The summed E-state index contributed by atoms with van der Waals surface area (Å²) in [4.78, 5) is 10.8. The normalized spacial score (nSPS) is 22.7. The van der Waals surface area contributed by atoms with Gasteiger partial charge in [-0.25, -0.2) is 9.97 Å². The van der Waals surface area contributed by atoms with Crippen molar-refractivity contribution >= 4 is 17.3 Å². The van der Waals surface area contributed by atoms with Crippen LogP contribution in [0.1, 0.15) is 46.5 Å². The second-order valence-electron chi connectivity index (χ2n) is 6.01. The average molecular weight is 353 g/mol. The van der Waals surface area contributed by atoms with Crippen molar-refractivity contribution in [3.05, 3.63) is 6.33 Å². The summed E-state index contributed by atoms with van der Waals surface area (Å²) in [5.41, 5.74) is 0.845. The molecule has 0 radical (unpaired) electrons. The minimum atomic E-state index is -0.0909. The van der Waals surface area contributed by atoms with E-state index in [0.29, 0.717) is 12.5 Å². The first-order valence-electron chi connectivity index (χ1n) is 9.26. The fourth-order valence-corrected chi connectivity index (χ4v) is 3.14. The van der Waals surface area contributed by atoms with Gasteiger partial charge in [-0.2, -0.15) is 0 Å². The Bertz CT molecular complexity index is 531. The summed E-state index contributed by atoms with van der Waals surface area (Å²) >= 11 is 0. The van der Waals surface area contributed by atoms with Crippen molar-refractivity contribution in [2.24, 2.45) is 0 Å². The highest BCUT2D eigenvalue weighted by Gasteiger charge is 2.35. The zero-order valence-electron chi connectivity index (χ0n) is 15.4. The van der Waals surface area contributed by atoms with Crippen LogP contribution in [-0.2, 0) is 4.74 Å². The smallest absolute Gasteiger partial charge is 0.161 e. The van der Waals surface area contributed by atoms with E-state index in [-0.39, 0.29) is 31.6 Å². The monoisotopic (exact) mass is 353 g/mol. The molecule has 0 aliphatic carbocycles. The lowest BCUT2D eigenvalue weighted by Crippen LogP contribution is -2.35. The molecule has 1 aromatic heterocycles. The number of aliphatic hydroxyl groups is 2. The van der Waals surface area contributed by atoms with Crippen LogP contribution in [0.25, 0.3) is 0 Å². The Morgan fingerprint density at radius 3 is 2.80 bits per heavy atom. The first-order chi connectivity index (χ1) is 12.3. The van der Waals surface area contributed by atoms with Gasteiger partial charge in [0.1, 0.15) is 18.2 Å². The van der Waals surface area contributed by atoms with E-state index in [9.17, 15) is 10.2 Å². The number of ether oxygens (including phenoxy) is 1. The molecule has 2 aliphatic heterocycles. The lowest BCUT2D eigenvalue weighted by atomic mass is 10.2. The Balaban J connectivity index is 0.00000109. The molecule has 142 valence electrons. The minimum Gasteiger partial charge on any atom is -0.394 e. The second kappa shape index (κ2) is 9.74. The third kappa shape index (κ3) is 4.50. The van der Waals surface area contributed by atoms with Crippen molar-refractivity contribution in [2.45, 2.75) is 64.8 Å². The molecule has 25 heavy (non-hydrogen) atoms. The summed E-state index contributed by atoms with van der Waals surface area (Å²) in [6.45, 7) is 6.81. The van der Waals surface area contributed by atoms with Crippen molar-refractivity contribution in [3.8, 4) is 0 Å². The van der Waals surface area contributed by atoms with Gasteiger partial charge in [-0.15, -0.1) is 0 Å². The van der Waals surface area contributed by atoms with E-state index in [1.807, 2.05) is 13.8 Å². The molecule has 3 heterocycles. The molecule has 0 amide bonds. The number of aliphatic hydroxyl groups excluding tert-OH is 2. The average Bonchev–Trinajstić information content (AvgIpc) is 3.29. The molecular formula is C17H31N5O3. The minimum absolute atomic E-state index is 0.0173. The fourth-order valence-electron chi connectivity index (χ4n) is 3.14. The highest BCUT2D eigenvalue weighted by Crippen LogP contribution is 2.38. The van der Waals surface area contributed by atoms with Crippen LogP contribution in [0.5, 0.6) is 0 Å². The Kier molecular flexibility index (Phi) is 7.67. The third-order valence-corrected chi connectivity index (χ3v) is 4.36. The number of nitrogens with zero attached hydrogens (tertiary/aromatic N) is 3. The summed E-state index contributed by atoms with van der Waals surface area (Å²) in [6.07, 6.45) is 4.95. The van der Waals surface area contributed by atoms with Gasteiger partial charge < -0.3 is 30.5 Å². The fraction of sp³-hybridized carbons (Fsp3) is 0.765. The second-order valence-corrected chi connectivity index (χ2v) is 6.01. The maximum atomic E-state index is 9.47. The maximum Gasteiger partial charge on any atom is 0.161 e. The zero-order chi connectivity index (χ0) is 18.2. The van der Waals surface area contributed by atoms with E-state index in [0.717, 1.165) is 37.2 Å². The Morgan fingerprint density at radius 1 is 1.36 bits per heavy atom. The molecule has 3 rings (SSSR count). The molecule has 1 saturated heterocycles. The van der Waals surface area contributed by atoms with Gasteiger partial charge in [0.05, 0.1) is 32.0 Å². The van der Waals surface area contributed by atoms with E-state index in [1.54, 1.807) is 0 Å². The van der Waals surface area contributed by atoms with Crippen molar-refractivity contribution in [3.63, 3.8) is 0 Å². The lowest BCUT2D eigenvalue weighted by molar-refractivity contribution is 0.0115. The van der Waals surface area contributed by atoms with Crippen LogP contribution in [-0.4, -0.2) is 58.4 Å². The van der Waals surface area contributed by atoms with Crippen LogP contribution < -0.4 is 15.5 Å². The molecule has 0 spiro atoms. The molecule has 0 saturated carbocycles. The van der Waals surface area contributed by atoms with E-state index < -0.39 is 0 Å². The highest BCUT2D eigenvalue weighted by molar-refractivity contribution is 5.81. The van der Waals surface area contributed by atoms with E-state index >= 15 is 0 Å². The molecule has 2 aliphatic rings. The number of anilines is 3. The summed E-state index contributed by atoms with van der Waals surface area (Å²) in [5, 5.41) is 25.3. The largest absolute Gasteiger partial charge is 0.394 e. The molecule has 1 aromatic rings. The molecule has 8 heteroatoms. The molecule has 0 aromatic carbocycles. The number of aromatic nitrogens is 2. The number of fused-ring (bicyclic) bond motifs is 1.